The molecule has 2 aliphatic rings. The van der Waals surface area contributed by atoms with E-state index >= 15 is 0 Å². The van der Waals surface area contributed by atoms with Crippen LogP contribution in [0.15, 0.2) is 101 Å². The third kappa shape index (κ3) is 5.53. The van der Waals surface area contributed by atoms with Gasteiger partial charge in [-0.25, -0.2) is 4.98 Å². The van der Waals surface area contributed by atoms with Crippen LogP contribution in [0, 0.1) is 0 Å². The quantitative estimate of drug-likeness (QED) is 0.186. The van der Waals surface area contributed by atoms with Gasteiger partial charge in [-0.1, -0.05) is 42.5 Å². The monoisotopic (exact) mass is 600 g/mol. The smallest absolute Gasteiger partial charge is 0.266 e. The molecule has 0 N–H and O–H groups in total. The van der Waals surface area contributed by atoms with Gasteiger partial charge in [0, 0.05) is 30.8 Å². The number of benzene rings is 4. The van der Waals surface area contributed by atoms with Gasteiger partial charge in [0.15, 0.2) is 11.5 Å². The SMILES string of the molecule is COc1cc2c(cc1OCCCOc1ccc(-n3c(-c4ccccc4)nc4ccccc4c3=O)cc1)N=C[C@@H]1CCCN1C2=O. The summed E-state index contributed by atoms with van der Waals surface area (Å²) in [5.74, 6) is 2.27. The lowest BCUT2D eigenvalue weighted by atomic mass is 10.1. The van der Waals surface area contributed by atoms with Crippen molar-refractivity contribution in [3.63, 3.8) is 0 Å². The Kier molecular flexibility index (Phi) is 7.73. The first-order chi connectivity index (χ1) is 22.1. The molecular formula is C36H32N4O5. The van der Waals surface area contributed by atoms with Crippen molar-refractivity contribution in [2.75, 3.05) is 26.9 Å². The van der Waals surface area contributed by atoms with E-state index in [1.54, 1.807) is 29.9 Å². The summed E-state index contributed by atoms with van der Waals surface area (Å²) in [6.45, 7) is 1.55. The normalized spacial score (nSPS) is 15.4. The number of methoxy groups -OCH3 is 1. The fourth-order valence-corrected chi connectivity index (χ4v) is 5.90. The zero-order valence-electron chi connectivity index (χ0n) is 24.9. The number of amides is 1. The highest BCUT2D eigenvalue weighted by molar-refractivity contribution is 6.03. The average Bonchev–Trinajstić information content (AvgIpc) is 3.52. The van der Waals surface area contributed by atoms with Crippen molar-refractivity contribution >= 4 is 28.7 Å². The number of aromatic nitrogens is 2. The van der Waals surface area contributed by atoms with Crippen LogP contribution in [0.3, 0.4) is 0 Å². The van der Waals surface area contributed by atoms with Crippen LogP contribution < -0.4 is 19.8 Å². The van der Waals surface area contributed by atoms with Gasteiger partial charge < -0.3 is 19.1 Å². The van der Waals surface area contributed by atoms with Gasteiger partial charge in [-0.05, 0) is 55.3 Å². The molecule has 0 saturated carbocycles. The predicted octanol–water partition coefficient (Wildman–Crippen LogP) is 6.23. The van der Waals surface area contributed by atoms with E-state index in [9.17, 15) is 9.59 Å². The second kappa shape index (κ2) is 12.3. The third-order valence-corrected chi connectivity index (χ3v) is 8.18. The molecule has 226 valence electrons. The molecule has 5 aromatic rings. The molecule has 0 bridgehead atoms. The van der Waals surface area contributed by atoms with Gasteiger partial charge in [0.05, 0.1) is 54.2 Å². The number of para-hydroxylation sites is 1. The van der Waals surface area contributed by atoms with E-state index in [1.807, 2.05) is 83.9 Å². The number of fused-ring (bicyclic) bond motifs is 3. The molecule has 9 nitrogen and oxygen atoms in total. The van der Waals surface area contributed by atoms with Crippen molar-refractivity contribution in [1.82, 2.24) is 14.5 Å². The number of nitrogens with zero attached hydrogens (tertiary/aromatic N) is 4. The van der Waals surface area contributed by atoms with Crippen LogP contribution in [0.25, 0.3) is 28.0 Å². The Bertz CT molecular complexity index is 1950. The van der Waals surface area contributed by atoms with Crippen LogP contribution in [0.2, 0.25) is 0 Å². The Morgan fingerprint density at radius 3 is 2.47 bits per heavy atom. The van der Waals surface area contributed by atoms with E-state index in [0.29, 0.717) is 70.5 Å². The molecular weight excluding hydrogens is 568 g/mol. The minimum atomic E-state index is -0.131. The number of ether oxygens (including phenoxy) is 3. The van der Waals surface area contributed by atoms with Crippen LogP contribution in [-0.4, -0.2) is 59.5 Å². The Morgan fingerprint density at radius 2 is 1.64 bits per heavy atom. The van der Waals surface area contributed by atoms with Gasteiger partial charge >= 0.3 is 0 Å². The van der Waals surface area contributed by atoms with E-state index in [0.717, 1.165) is 24.9 Å². The van der Waals surface area contributed by atoms with Gasteiger partial charge in [-0.3, -0.25) is 19.1 Å². The summed E-state index contributed by atoms with van der Waals surface area (Å²) in [5.41, 5.74) is 3.20. The maximum Gasteiger partial charge on any atom is 0.266 e. The number of carbonyl (C=O) groups excluding carboxylic acids is 1. The number of carbonyl (C=O) groups is 1. The Hall–Kier alpha value is -5.44. The minimum Gasteiger partial charge on any atom is -0.493 e. The highest BCUT2D eigenvalue weighted by atomic mass is 16.5. The second-order valence-corrected chi connectivity index (χ2v) is 11.0. The summed E-state index contributed by atoms with van der Waals surface area (Å²) in [4.78, 5) is 38.0. The first-order valence-corrected chi connectivity index (χ1v) is 15.1. The van der Waals surface area contributed by atoms with Crippen molar-refractivity contribution in [2.45, 2.75) is 25.3 Å². The molecule has 1 amide bonds. The summed E-state index contributed by atoms with van der Waals surface area (Å²) in [5, 5.41) is 0.558. The highest BCUT2D eigenvalue weighted by Gasteiger charge is 2.32. The number of hydrogen-bond acceptors (Lipinski definition) is 7. The van der Waals surface area contributed by atoms with Crippen LogP contribution >= 0.6 is 0 Å². The molecule has 0 spiro atoms. The summed E-state index contributed by atoms with van der Waals surface area (Å²) >= 11 is 0. The van der Waals surface area contributed by atoms with E-state index in [-0.39, 0.29) is 17.5 Å². The lowest BCUT2D eigenvalue weighted by Gasteiger charge is -2.20. The van der Waals surface area contributed by atoms with Crippen molar-refractivity contribution in [1.29, 1.82) is 0 Å². The third-order valence-electron chi connectivity index (χ3n) is 8.18. The Morgan fingerprint density at radius 1 is 0.867 bits per heavy atom. The van der Waals surface area contributed by atoms with E-state index in [4.69, 9.17) is 19.2 Å². The topological polar surface area (TPSA) is 95.2 Å². The maximum atomic E-state index is 13.6. The lowest BCUT2D eigenvalue weighted by Crippen LogP contribution is -2.35. The molecule has 1 atom stereocenters. The van der Waals surface area contributed by atoms with Gasteiger partial charge in [0.1, 0.15) is 11.6 Å². The molecule has 1 aromatic heterocycles. The highest BCUT2D eigenvalue weighted by Crippen LogP contribution is 2.38. The largest absolute Gasteiger partial charge is 0.493 e. The summed E-state index contributed by atoms with van der Waals surface area (Å²) < 4.78 is 19.2. The van der Waals surface area contributed by atoms with Gasteiger partial charge in [-0.2, -0.15) is 0 Å². The van der Waals surface area contributed by atoms with Crippen molar-refractivity contribution in [3.05, 3.63) is 107 Å². The van der Waals surface area contributed by atoms with Crippen LogP contribution in [0.4, 0.5) is 5.69 Å². The average molecular weight is 601 g/mol. The van der Waals surface area contributed by atoms with Crippen molar-refractivity contribution in [3.8, 4) is 34.3 Å². The fourth-order valence-electron chi connectivity index (χ4n) is 5.90. The van der Waals surface area contributed by atoms with Gasteiger partial charge in [0.25, 0.3) is 11.5 Å². The molecule has 9 heteroatoms. The fraction of sp³-hybridized carbons (Fsp3) is 0.222. The van der Waals surface area contributed by atoms with Gasteiger partial charge in [-0.15, -0.1) is 0 Å². The van der Waals surface area contributed by atoms with Gasteiger partial charge in [0.2, 0.25) is 0 Å². The molecule has 1 saturated heterocycles. The first-order valence-electron chi connectivity index (χ1n) is 15.1. The maximum absolute atomic E-state index is 13.6. The summed E-state index contributed by atoms with van der Waals surface area (Å²) in [6, 6.07) is 28.1. The molecule has 2 aliphatic heterocycles. The van der Waals surface area contributed by atoms with E-state index < -0.39 is 0 Å². The van der Waals surface area contributed by atoms with Crippen LogP contribution in [0.1, 0.15) is 29.6 Å². The second-order valence-electron chi connectivity index (χ2n) is 11.0. The molecule has 0 unspecified atom stereocenters. The molecule has 0 radical (unpaired) electrons. The zero-order valence-corrected chi connectivity index (χ0v) is 24.9. The Balaban J connectivity index is 1.02. The molecule has 7 rings (SSSR count). The molecule has 1 fully saturated rings. The van der Waals surface area contributed by atoms with Crippen molar-refractivity contribution < 1.29 is 19.0 Å². The first kappa shape index (κ1) is 28.3. The minimum absolute atomic E-state index is 0.0210. The lowest BCUT2D eigenvalue weighted by molar-refractivity contribution is 0.0774. The molecule has 0 aliphatic carbocycles. The molecule has 45 heavy (non-hydrogen) atoms. The molecule has 4 aromatic carbocycles. The summed E-state index contributed by atoms with van der Waals surface area (Å²) in [6.07, 6.45) is 4.40. The van der Waals surface area contributed by atoms with E-state index in [2.05, 4.69) is 4.99 Å². The zero-order chi connectivity index (χ0) is 30.8. The van der Waals surface area contributed by atoms with Crippen LogP contribution in [0.5, 0.6) is 17.2 Å². The standard InChI is InChI=1S/C36H32N4O5/c1-43-32-21-29-31(37-23-26-11-7-18-39(26)35(29)41)22-33(32)45-20-8-19-44-27-16-14-25(15-17-27)40-34(24-9-3-2-4-10-24)38-30-13-6-5-12-28(30)36(40)42/h2-6,9-10,12-17,21-23,26H,7-8,11,18-20H2,1H3/t26-/m0/s1. The van der Waals surface area contributed by atoms with E-state index in [1.165, 1.54) is 0 Å². The number of hydrogen-bond donors (Lipinski definition) is 0. The summed E-state index contributed by atoms with van der Waals surface area (Å²) in [7, 11) is 1.56. The predicted molar refractivity (Wildman–Crippen MR) is 174 cm³/mol. The molecule has 3 heterocycles. The van der Waals surface area contributed by atoms with Crippen molar-refractivity contribution in [2.24, 2.45) is 4.99 Å². The number of aliphatic imine (C=N–C) groups is 1. The number of rotatable bonds is 9. The van der Waals surface area contributed by atoms with Crippen LogP contribution in [-0.2, 0) is 0 Å². The Labute approximate surface area is 260 Å².